The van der Waals surface area contributed by atoms with Crippen LogP contribution < -0.4 is 37.2 Å². The molecule has 7 amide bonds. The van der Waals surface area contributed by atoms with E-state index in [1.165, 1.54) is 6.08 Å². The second kappa shape index (κ2) is 26.1. The minimum absolute atomic E-state index is 0.0429. The van der Waals surface area contributed by atoms with Gasteiger partial charge < -0.3 is 52.2 Å². The largest absolute Gasteiger partial charge is 0.481 e. The summed E-state index contributed by atoms with van der Waals surface area (Å²) >= 11 is 0. The Labute approximate surface area is 330 Å². The standard InChI is InChI=1S/C36H57N7O14/c1-9-14-57-28(50)17-38-36(56)31(51)24(15-18(2)3)40-25(45)16-37-34(54)29(19(4)5)43-35(55)30(20(6)7)42-33(53)23(11-13-27(48)49)41-32(52)22(39-21(8)44)10-12-26(46)47/h9,18-20,22-24,29-30H,1,10-17H2,2-8H3,(H,37,54)(H,38,56)(H,39,44)(H,40,45)(H,41,52)(H,42,53)(H,43,55)(H,46,47)(H,48,49). The first kappa shape index (κ1) is 51.1. The molecule has 0 spiro atoms. The van der Waals surface area contributed by atoms with Crippen LogP contribution in [0.15, 0.2) is 12.7 Å². The van der Waals surface area contributed by atoms with Crippen LogP contribution in [-0.4, -0.2) is 125 Å². The summed E-state index contributed by atoms with van der Waals surface area (Å²) in [5, 5.41) is 34.7. The number of nitrogens with one attached hydrogen (secondary N) is 7. The highest BCUT2D eigenvalue weighted by molar-refractivity contribution is 6.38. The van der Waals surface area contributed by atoms with Gasteiger partial charge in [0.1, 0.15) is 37.3 Å². The number of carboxylic acid groups (broad SMARTS) is 2. The van der Waals surface area contributed by atoms with Gasteiger partial charge in [-0.25, -0.2) is 0 Å². The molecular formula is C36H57N7O14. The third kappa shape index (κ3) is 21.1. The van der Waals surface area contributed by atoms with Crippen molar-refractivity contribution in [1.82, 2.24) is 37.2 Å². The van der Waals surface area contributed by atoms with E-state index < -0.39 is 139 Å². The lowest BCUT2D eigenvalue weighted by atomic mass is 9.98. The molecule has 0 fully saturated rings. The van der Waals surface area contributed by atoms with E-state index in [9.17, 15) is 57.8 Å². The molecule has 0 radical (unpaired) electrons. The Morgan fingerprint density at radius 2 is 1.11 bits per heavy atom. The van der Waals surface area contributed by atoms with Gasteiger partial charge in [-0.2, -0.15) is 0 Å². The van der Waals surface area contributed by atoms with Crippen LogP contribution in [0.2, 0.25) is 0 Å². The van der Waals surface area contributed by atoms with E-state index in [0.29, 0.717) is 0 Å². The number of hydrogen-bond donors (Lipinski definition) is 9. The highest BCUT2D eigenvalue weighted by Crippen LogP contribution is 2.10. The number of amides is 7. The van der Waals surface area contributed by atoms with Gasteiger partial charge in [-0.1, -0.05) is 54.2 Å². The topological polar surface area (TPSA) is 322 Å². The summed E-state index contributed by atoms with van der Waals surface area (Å²) in [6, 6.07) is -6.82. The van der Waals surface area contributed by atoms with Crippen molar-refractivity contribution in [2.75, 3.05) is 19.7 Å². The van der Waals surface area contributed by atoms with Gasteiger partial charge in [0, 0.05) is 19.8 Å². The second-order valence-electron chi connectivity index (χ2n) is 14.1. The van der Waals surface area contributed by atoms with Crippen LogP contribution in [0.25, 0.3) is 0 Å². The Morgan fingerprint density at radius 3 is 1.58 bits per heavy atom. The van der Waals surface area contributed by atoms with Crippen molar-refractivity contribution in [3.05, 3.63) is 12.7 Å². The fourth-order valence-electron chi connectivity index (χ4n) is 4.98. The van der Waals surface area contributed by atoms with Gasteiger partial charge in [-0.15, -0.1) is 0 Å². The molecule has 320 valence electrons. The molecule has 5 atom stereocenters. The number of hydrogen-bond acceptors (Lipinski definition) is 12. The molecule has 0 bridgehead atoms. The fourth-order valence-corrected chi connectivity index (χ4v) is 4.98. The van der Waals surface area contributed by atoms with Gasteiger partial charge in [0.05, 0.1) is 12.6 Å². The predicted molar refractivity (Wildman–Crippen MR) is 200 cm³/mol. The third-order valence-electron chi connectivity index (χ3n) is 7.88. The summed E-state index contributed by atoms with van der Waals surface area (Å²) in [5.41, 5.74) is 0. The van der Waals surface area contributed by atoms with Crippen LogP contribution in [0.4, 0.5) is 0 Å². The molecule has 57 heavy (non-hydrogen) atoms. The summed E-state index contributed by atoms with van der Waals surface area (Å²) in [5.74, 6) is -12.0. The Hall–Kier alpha value is -5.89. The molecule has 0 aromatic carbocycles. The molecule has 0 heterocycles. The lowest BCUT2D eigenvalue weighted by Crippen LogP contribution is -2.60. The monoisotopic (exact) mass is 811 g/mol. The van der Waals surface area contributed by atoms with E-state index in [0.717, 1.165) is 6.92 Å². The van der Waals surface area contributed by atoms with E-state index in [2.05, 4.69) is 43.8 Å². The Bertz CT molecular complexity index is 1500. The highest BCUT2D eigenvalue weighted by Gasteiger charge is 2.34. The molecule has 0 aromatic heterocycles. The summed E-state index contributed by atoms with van der Waals surface area (Å²) < 4.78 is 4.74. The summed E-state index contributed by atoms with van der Waals surface area (Å²) in [7, 11) is 0. The molecule has 0 aliphatic carbocycles. The molecule has 21 nitrogen and oxygen atoms in total. The van der Waals surface area contributed by atoms with Crippen LogP contribution in [0.5, 0.6) is 0 Å². The maximum Gasteiger partial charge on any atom is 0.325 e. The molecule has 0 saturated heterocycles. The lowest BCUT2D eigenvalue weighted by Gasteiger charge is -2.29. The average molecular weight is 812 g/mol. The normalized spacial score (nSPS) is 13.4. The van der Waals surface area contributed by atoms with Crippen molar-refractivity contribution in [2.24, 2.45) is 17.8 Å². The zero-order chi connectivity index (χ0) is 44.0. The Balaban J connectivity index is 5.82. The first-order valence-electron chi connectivity index (χ1n) is 18.3. The maximum atomic E-state index is 13.5. The van der Waals surface area contributed by atoms with E-state index in [-0.39, 0.29) is 25.4 Å². The van der Waals surface area contributed by atoms with E-state index >= 15 is 0 Å². The average Bonchev–Trinajstić information content (AvgIpc) is 3.11. The molecule has 0 aliphatic heterocycles. The minimum Gasteiger partial charge on any atom is -0.481 e. The molecule has 5 unspecified atom stereocenters. The fraction of sp³-hybridized carbons (Fsp3) is 0.639. The van der Waals surface area contributed by atoms with E-state index in [4.69, 9.17) is 9.84 Å². The third-order valence-corrected chi connectivity index (χ3v) is 7.88. The zero-order valence-electron chi connectivity index (χ0n) is 33.4. The van der Waals surface area contributed by atoms with Gasteiger partial charge in [0.2, 0.25) is 41.2 Å². The maximum absolute atomic E-state index is 13.5. The van der Waals surface area contributed by atoms with Crippen LogP contribution in [-0.2, 0) is 57.5 Å². The SMILES string of the molecule is C=CCOC(=O)CNC(=O)C(=O)C(CC(C)C)NC(=O)CNC(=O)C(NC(=O)C(NC(=O)C(CCC(=O)O)NC(=O)C(CCC(=O)O)NC(C)=O)C(C)C)C(C)C. The number of ketones is 1. The number of carbonyl (C=O) groups excluding carboxylic acids is 9. The minimum atomic E-state index is -1.54. The van der Waals surface area contributed by atoms with E-state index in [1.54, 1.807) is 41.5 Å². The number of esters is 1. The number of carboxylic acids is 2. The first-order chi connectivity index (χ1) is 26.5. The van der Waals surface area contributed by atoms with Gasteiger partial charge in [0.25, 0.3) is 5.91 Å². The van der Waals surface area contributed by atoms with Gasteiger partial charge in [0.15, 0.2) is 0 Å². The zero-order valence-corrected chi connectivity index (χ0v) is 33.4. The number of carbonyl (C=O) groups is 11. The first-order valence-corrected chi connectivity index (χ1v) is 18.3. The smallest absolute Gasteiger partial charge is 0.325 e. The number of ether oxygens (including phenoxy) is 1. The number of aliphatic carboxylic acids is 2. The van der Waals surface area contributed by atoms with Crippen molar-refractivity contribution in [1.29, 1.82) is 0 Å². The molecule has 0 aliphatic rings. The second-order valence-corrected chi connectivity index (χ2v) is 14.1. The van der Waals surface area contributed by atoms with Crippen LogP contribution in [0.3, 0.4) is 0 Å². The molecule has 21 heteroatoms. The number of Topliss-reactive ketones (excluding diaryl/α,β-unsaturated/α-hetero) is 1. The van der Waals surface area contributed by atoms with Crippen molar-refractivity contribution in [2.45, 2.75) is 111 Å². The molecule has 0 rings (SSSR count). The predicted octanol–water partition coefficient (Wildman–Crippen LogP) is -1.95. The van der Waals surface area contributed by atoms with Crippen molar-refractivity contribution < 1.29 is 67.7 Å². The summed E-state index contributed by atoms with van der Waals surface area (Å²) in [6.07, 6.45) is -0.521. The molecular weight excluding hydrogens is 754 g/mol. The van der Waals surface area contributed by atoms with Crippen LogP contribution in [0, 0.1) is 17.8 Å². The van der Waals surface area contributed by atoms with Gasteiger partial charge in [-0.05, 0) is 37.0 Å². The molecule has 9 N–H and O–H groups in total. The summed E-state index contributed by atoms with van der Waals surface area (Å²) in [6.45, 7) is 12.9. The number of rotatable bonds is 27. The van der Waals surface area contributed by atoms with Gasteiger partial charge in [-0.3, -0.25) is 52.7 Å². The molecule has 0 aromatic rings. The molecule has 0 saturated carbocycles. The Morgan fingerprint density at radius 1 is 0.614 bits per heavy atom. The van der Waals surface area contributed by atoms with E-state index in [1.807, 2.05) is 0 Å². The van der Waals surface area contributed by atoms with Crippen molar-refractivity contribution in [3.63, 3.8) is 0 Å². The summed E-state index contributed by atoms with van der Waals surface area (Å²) in [4.78, 5) is 137. The quantitative estimate of drug-likeness (QED) is 0.0248. The van der Waals surface area contributed by atoms with Gasteiger partial charge >= 0.3 is 17.9 Å². The van der Waals surface area contributed by atoms with Crippen LogP contribution in [0.1, 0.15) is 80.6 Å². The van der Waals surface area contributed by atoms with Crippen LogP contribution >= 0.6 is 0 Å². The van der Waals surface area contributed by atoms with Crippen molar-refractivity contribution >= 4 is 65.0 Å². The lowest BCUT2D eigenvalue weighted by molar-refractivity contribution is -0.145. The van der Waals surface area contributed by atoms with Crippen molar-refractivity contribution in [3.8, 4) is 0 Å². The Kier molecular flexibility index (Phi) is 23.4. The highest BCUT2D eigenvalue weighted by atomic mass is 16.5.